The molecule has 0 bridgehead atoms. The number of amides is 1. The molecular weight excluding hydrogens is 385 g/mol. The van der Waals surface area contributed by atoms with Gasteiger partial charge < -0.3 is 9.88 Å². The van der Waals surface area contributed by atoms with Crippen LogP contribution in [0.3, 0.4) is 0 Å². The minimum absolute atomic E-state index is 0.0922. The normalized spacial score (nSPS) is 10.7. The Kier molecular flexibility index (Phi) is 5.21. The molecule has 0 fully saturated rings. The fourth-order valence-corrected chi connectivity index (χ4v) is 3.03. The first-order chi connectivity index (χ1) is 14.5. The molecule has 30 heavy (non-hydrogen) atoms. The predicted octanol–water partition coefficient (Wildman–Crippen LogP) is 3.08. The molecule has 0 spiro atoms. The van der Waals surface area contributed by atoms with Crippen LogP contribution in [0.15, 0.2) is 77.9 Å². The Morgan fingerprint density at radius 3 is 2.47 bits per heavy atom. The van der Waals surface area contributed by atoms with Crippen molar-refractivity contribution in [3.63, 3.8) is 0 Å². The molecule has 0 saturated carbocycles. The van der Waals surface area contributed by atoms with E-state index in [2.05, 4.69) is 15.4 Å². The minimum Gasteiger partial charge on any atom is -0.312 e. The quantitative estimate of drug-likeness (QED) is 0.555. The number of carbonyl (C=O) groups excluding carboxylic acids is 1. The number of aromatic nitrogens is 4. The number of anilines is 1. The minimum atomic E-state index is -0.483. The molecule has 4 aromatic rings. The first kappa shape index (κ1) is 19.3. The van der Waals surface area contributed by atoms with E-state index >= 15 is 0 Å². The maximum absolute atomic E-state index is 13.4. The fraction of sp³-hybridized carbons (Fsp3) is 0.0909. The highest BCUT2D eigenvalue weighted by atomic mass is 19.1. The van der Waals surface area contributed by atoms with Gasteiger partial charge in [-0.25, -0.2) is 14.1 Å². The summed E-state index contributed by atoms with van der Waals surface area (Å²) in [5.41, 5.74) is 1.97. The number of rotatable bonds is 5. The van der Waals surface area contributed by atoms with E-state index in [1.54, 1.807) is 23.0 Å². The smallest absolute Gasteiger partial charge is 0.277 e. The molecule has 0 saturated heterocycles. The molecule has 0 aliphatic rings. The van der Waals surface area contributed by atoms with Crippen LogP contribution in [0.5, 0.6) is 0 Å². The monoisotopic (exact) mass is 403 g/mol. The summed E-state index contributed by atoms with van der Waals surface area (Å²) in [5, 5.41) is 6.84. The Labute approximate surface area is 171 Å². The number of halogens is 1. The van der Waals surface area contributed by atoms with Gasteiger partial charge in [0.05, 0.1) is 12.9 Å². The van der Waals surface area contributed by atoms with Crippen LogP contribution in [0.1, 0.15) is 16.1 Å². The lowest BCUT2D eigenvalue weighted by Gasteiger charge is -2.12. The second kappa shape index (κ2) is 8.12. The van der Waals surface area contributed by atoms with Crippen LogP contribution in [0.4, 0.5) is 10.2 Å². The summed E-state index contributed by atoms with van der Waals surface area (Å²) in [5.74, 6) is -0.391. The van der Waals surface area contributed by atoms with Gasteiger partial charge in [-0.15, -0.1) is 0 Å². The topological polar surface area (TPSA) is 81.8 Å². The summed E-state index contributed by atoms with van der Waals surface area (Å²) in [7, 11) is 1.47. The Morgan fingerprint density at radius 1 is 1.03 bits per heavy atom. The predicted molar refractivity (Wildman–Crippen MR) is 111 cm³/mol. The highest BCUT2D eigenvalue weighted by Crippen LogP contribution is 2.28. The van der Waals surface area contributed by atoms with Gasteiger partial charge >= 0.3 is 0 Å². The van der Waals surface area contributed by atoms with Crippen LogP contribution >= 0.6 is 0 Å². The average Bonchev–Trinajstić information content (AvgIpc) is 3.13. The van der Waals surface area contributed by atoms with Crippen LogP contribution < -0.4 is 10.9 Å². The van der Waals surface area contributed by atoms with Crippen molar-refractivity contribution < 1.29 is 9.18 Å². The maximum Gasteiger partial charge on any atom is 0.277 e. The fourth-order valence-electron chi connectivity index (χ4n) is 3.03. The van der Waals surface area contributed by atoms with Crippen molar-refractivity contribution in [2.24, 2.45) is 7.05 Å². The van der Waals surface area contributed by atoms with E-state index in [1.807, 2.05) is 30.3 Å². The number of imidazole rings is 1. The molecule has 2 heterocycles. The van der Waals surface area contributed by atoms with Crippen molar-refractivity contribution >= 4 is 11.7 Å². The Balaban J connectivity index is 1.73. The standard InChI is InChI=1S/C22H18FN5O2/c1-27-19(29)12-11-18(26-27)22(30)25-21-20(16-7-9-17(23)10-8-16)24-14-28(21)13-15-5-3-2-4-6-15/h2-12,14H,13H2,1H3,(H,25,30). The number of hydrogen-bond donors (Lipinski definition) is 1. The first-order valence-electron chi connectivity index (χ1n) is 9.22. The van der Waals surface area contributed by atoms with Gasteiger partial charge in [0, 0.05) is 18.7 Å². The Bertz CT molecular complexity index is 1250. The van der Waals surface area contributed by atoms with E-state index in [9.17, 15) is 14.0 Å². The molecule has 0 unspecified atom stereocenters. The van der Waals surface area contributed by atoms with Crippen molar-refractivity contribution in [3.05, 3.63) is 100 Å². The largest absolute Gasteiger partial charge is 0.312 e. The molecule has 0 atom stereocenters. The number of carbonyl (C=O) groups is 1. The van der Waals surface area contributed by atoms with E-state index in [-0.39, 0.29) is 17.1 Å². The lowest BCUT2D eigenvalue weighted by Crippen LogP contribution is -2.24. The zero-order chi connectivity index (χ0) is 21.1. The van der Waals surface area contributed by atoms with Gasteiger partial charge in [0.15, 0.2) is 0 Å². The number of nitrogens with zero attached hydrogens (tertiary/aromatic N) is 4. The molecule has 0 aliphatic carbocycles. The summed E-state index contributed by atoms with van der Waals surface area (Å²) in [6, 6.07) is 18.3. The summed E-state index contributed by atoms with van der Waals surface area (Å²) in [6.45, 7) is 0.478. The van der Waals surface area contributed by atoms with Crippen molar-refractivity contribution in [1.82, 2.24) is 19.3 Å². The SMILES string of the molecule is Cn1nc(C(=O)Nc2c(-c3ccc(F)cc3)ncn2Cc2ccccc2)ccc1=O. The molecule has 8 heteroatoms. The van der Waals surface area contributed by atoms with Crippen LogP contribution in [-0.2, 0) is 13.6 Å². The van der Waals surface area contributed by atoms with Crippen molar-refractivity contribution in [1.29, 1.82) is 0 Å². The Morgan fingerprint density at radius 2 is 1.77 bits per heavy atom. The average molecular weight is 403 g/mol. The summed E-state index contributed by atoms with van der Waals surface area (Å²) < 4.78 is 16.3. The zero-order valence-electron chi connectivity index (χ0n) is 16.1. The molecule has 0 aliphatic heterocycles. The first-order valence-corrected chi connectivity index (χ1v) is 9.22. The Hall–Kier alpha value is -4.07. The third-order valence-corrected chi connectivity index (χ3v) is 4.58. The second-order valence-electron chi connectivity index (χ2n) is 6.70. The van der Waals surface area contributed by atoms with E-state index in [0.29, 0.717) is 23.6 Å². The third-order valence-electron chi connectivity index (χ3n) is 4.58. The van der Waals surface area contributed by atoms with Gasteiger partial charge in [0.25, 0.3) is 11.5 Å². The van der Waals surface area contributed by atoms with Crippen LogP contribution in [0, 0.1) is 5.82 Å². The third kappa shape index (κ3) is 4.02. The van der Waals surface area contributed by atoms with Crippen LogP contribution in [0.2, 0.25) is 0 Å². The second-order valence-corrected chi connectivity index (χ2v) is 6.70. The van der Waals surface area contributed by atoms with Gasteiger partial charge in [0.1, 0.15) is 23.0 Å². The molecule has 2 aromatic heterocycles. The lowest BCUT2D eigenvalue weighted by molar-refractivity contribution is 0.101. The number of aryl methyl sites for hydroxylation is 1. The number of hydrogen-bond acceptors (Lipinski definition) is 4. The molecule has 150 valence electrons. The molecule has 1 N–H and O–H groups in total. The highest BCUT2D eigenvalue weighted by Gasteiger charge is 2.18. The highest BCUT2D eigenvalue weighted by molar-refractivity contribution is 6.04. The van der Waals surface area contributed by atoms with E-state index < -0.39 is 5.91 Å². The summed E-state index contributed by atoms with van der Waals surface area (Å²) in [4.78, 5) is 28.8. The van der Waals surface area contributed by atoms with Gasteiger partial charge in [0.2, 0.25) is 0 Å². The zero-order valence-corrected chi connectivity index (χ0v) is 16.1. The van der Waals surface area contributed by atoms with Gasteiger partial charge in [-0.05, 0) is 35.9 Å². The van der Waals surface area contributed by atoms with E-state index in [4.69, 9.17) is 0 Å². The van der Waals surface area contributed by atoms with Crippen molar-refractivity contribution in [3.8, 4) is 11.3 Å². The molecule has 4 rings (SSSR count). The van der Waals surface area contributed by atoms with E-state index in [1.165, 1.54) is 31.3 Å². The molecule has 1 amide bonds. The molecule has 0 radical (unpaired) electrons. The van der Waals surface area contributed by atoms with Crippen molar-refractivity contribution in [2.45, 2.75) is 6.54 Å². The van der Waals surface area contributed by atoms with Gasteiger partial charge in [-0.1, -0.05) is 30.3 Å². The number of nitrogens with one attached hydrogen (secondary N) is 1. The van der Waals surface area contributed by atoms with Gasteiger partial charge in [-0.2, -0.15) is 5.10 Å². The lowest BCUT2D eigenvalue weighted by atomic mass is 10.1. The van der Waals surface area contributed by atoms with E-state index in [0.717, 1.165) is 10.2 Å². The number of benzene rings is 2. The summed E-state index contributed by atoms with van der Waals surface area (Å²) >= 11 is 0. The molecule has 7 nitrogen and oxygen atoms in total. The van der Waals surface area contributed by atoms with Gasteiger partial charge in [-0.3, -0.25) is 9.59 Å². The van der Waals surface area contributed by atoms with Crippen molar-refractivity contribution in [2.75, 3.05) is 5.32 Å². The summed E-state index contributed by atoms with van der Waals surface area (Å²) in [6.07, 6.45) is 1.62. The molecule has 2 aromatic carbocycles. The van der Waals surface area contributed by atoms with Crippen LogP contribution in [0.25, 0.3) is 11.3 Å². The van der Waals surface area contributed by atoms with Crippen LogP contribution in [-0.4, -0.2) is 25.2 Å². The molecular formula is C22H18FN5O2. The maximum atomic E-state index is 13.4.